The molecule has 154 valence electrons. The molecule has 0 radical (unpaired) electrons. The summed E-state index contributed by atoms with van der Waals surface area (Å²) in [5.74, 6) is 0.174. The smallest absolute Gasteiger partial charge is 0.233 e. The molecule has 0 aliphatic carbocycles. The van der Waals surface area contributed by atoms with Crippen LogP contribution in [0.25, 0.3) is 0 Å². The highest BCUT2D eigenvalue weighted by molar-refractivity contribution is 5.88. The lowest BCUT2D eigenvalue weighted by Crippen LogP contribution is -2.51. The van der Waals surface area contributed by atoms with Crippen molar-refractivity contribution < 1.29 is 14.3 Å². The van der Waals surface area contributed by atoms with E-state index in [0.29, 0.717) is 39.1 Å². The topological polar surface area (TPSA) is 51.7 Å². The number of nitrogens with zero attached hydrogens (tertiary/aromatic N) is 2. The van der Waals surface area contributed by atoms with Crippen LogP contribution in [0, 0.1) is 6.92 Å². The molecular formula is C24H30N2O3. The first-order valence-electron chi connectivity index (χ1n) is 10.6. The summed E-state index contributed by atoms with van der Waals surface area (Å²) in [6, 6.07) is 14.3. The average Bonchev–Trinajstić information content (AvgIpc) is 3.27. The summed E-state index contributed by atoms with van der Waals surface area (Å²) >= 11 is 0. The van der Waals surface area contributed by atoms with E-state index in [-0.39, 0.29) is 12.0 Å². The molecule has 0 unspecified atom stereocenters. The molecule has 2 aliphatic heterocycles. The van der Waals surface area contributed by atoms with Crippen molar-refractivity contribution in [2.75, 3.05) is 26.4 Å². The van der Waals surface area contributed by atoms with Crippen LogP contribution in [0.3, 0.4) is 0 Å². The van der Waals surface area contributed by atoms with E-state index < -0.39 is 5.41 Å². The largest absolute Gasteiger partial charge is 0.381 e. The second-order valence-corrected chi connectivity index (χ2v) is 8.21. The van der Waals surface area contributed by atoms with Crippen LogP contribution in [0.2, 0.25) is 0 Å². The molecule has 5 nitrogen and oxygen atoms in total. The van der Waals surface area contributed by atoms with Crippen molar-refractivity contribution in [1.29, 1.82) is 0 Å². The van der Waals surface area contributed by atoms with Gasteiger partial charge in [0.2, 0.25) is 5.91 Å². The maximum absolute atomic E-state index is 14.1. The van der Waals surface area contributed by atoms with Gasteiger partial charge in [-0.2, -0.15) is 0 Å². The van der Waals surface area contributed by atoms with E-state index in [0.717, 1.165) is 30.7 Å². The van der Waals surface area contributed by atoms with Crippen LogP contribution in [0.15, 0.2) is 48.7 Å². The molecule has 29 heavy (non-hydrogen) atoms. The van der Waals surface area contributed by atoms with Gasteiger partial charge in [0.15, 0.2) is 0 Å². The number of benzene rings is 1. The molecule has 2 saturated heterocycles. The number of aromatic nitrogens is 1. The average molecular weight is 395 g/mol. The van der Waals surface area contributed by atoms with Gasteiger partial charge in [-0.25, -0.2) is 0 Å². The molecule has 0 saturated carbocycles. The predicted octanol–water partition coefficient (Wildman–Crippen LogP) is 3.65. The number of carbonyl (C=O) groups excluding carboxylic acids is 1. The quantitative estimate of drug-likeness (QED) is 0.751. The predicted molar refractivity (Wildman–Crippen MR) is 112 cm³/mol. The molecule has 1 aromatic heterocycles. The van der Waals surface area contributed by atoms with Gasteiger partial charge in [-0.15, -0.1) is 0 Å². The molecular weight excluding hydrogens is 364 g/mol. The summed E-state index contributed by atoms with van der Waals surface area (Å²) in [6.07, 6.45) is 5.38. The van der Waals surface area contributed by atoms with Crippen LogP contribution < -0.4 is 0 Å². The standard InChI is InChI=1S/C24H30N2O3/c1-19-6-4-7-20(16-19)24(10-14-28-15-11-24)23(27)26(18-22-9-5-13-29-22)17-21-8-2-3-12-25-21/h2-4,6-8,12,16,22H,5,9-11,13-15,17-18H2,1H3/t22-/m0/s1. The molecule has 3 heterocycles. The van der Waals surface area contributed by atoms with Gasteiger partial charge in [0.05, 0.1) is 23.8 Å². The van der Waals surface area contributed by atoms with Crippen molar-refractivity contribution in [2.24, 2.45) is 0 Å². The molecule has 0 bridgehead atoms. The van der Waals surface area contributed by atoms with Gasteiger partial charge >= 0.3 is 0 Å². The maximum atomic E-state index is 14.1. The van der Waals surface area contributed by atoms with Gasteiger partial charge in [0.1, 0.15) is 0 Å². The number of amides is 1. The van der Waals surface area contributed by atoms with Crippen LogP contribution >= 0.6 is 0 Å². The third-order valence-electron chi connectivity index (χ3n) is 6.14. The van der Waals surface area contributed by atoms with E-state index >= 15 is 0 Å². The van der Waals surface area contributed by atoms with Gasteiger partial charge in [-0.05, 0) is 50.3 Å². The number of ether oxygens (including phenoxy) is 2. The Kier molecular flexibility index (Phi) is 6.26. The Morgan fingerprint density at radius 1 is 1.17 bits per heavy atom. The highest BCUT2D eigenvalue weighted by atomic mass is 16.5. The molecule has 2 fully saturated rings. The molecule has 4 rings (SSSR count). The molecule has 1 amide bonds. The van der Waals surface area contributed by atoms with E-state index in [9.17, 15) is 4.79 Å². The van der Waals surface area contributed by atoms with Gasteiger partial charge < -0.3 is 14.4 Å². The van der Waals surface area contributed by atoms with E-state index in [1.165, 1.54) is 5.56 Å². The minimum absolute atomic E-state index is 0.108. The monoisotopic (exact) mass is 394 g/mol. The fraction of sp³-hybridized carbons (Fsp3) is 0.500. The molecule has 5 heteroatoms. The summed E-state index contributed by atoms with van der Waals surface area (Å²) in [4.78, 5) is 20.6. The van der Waals surface area contributed by atoms with Crippen molar-refractivity contribution in [2.45, 2.75) is 50.7 Å². The third-order valence-corrected chi connectivity index (χ3v) is 6.14. The zero-order valence-corrected chi connectivity index (χ0v) is 17.2. The molecule has 0 N–H and O–H groups in total. The first kappa shape index (κ1) is 20.0. The van der Waals surface area contributed by atoms with Crippen LogP contribution in [0.4, 0.5) is 0 Å². The zero-order chi connectivity index (χ0) is 20.1. The lowest BCUT2D eigenvalue weighted by molar-refractivity contribution is -0.143. The highest BCUT2D eigenvalue weighted by Crippen LogP contribution is 2.38. The van der Waals surface area contributed by atoms with Crippen molar-refractivity contribution in [3.05, 3.63) is 65.5 Å². The Morgan fingerprint density at radius 2 is 2.03 bits per heavy atom. The Morgan fingerprint density at radius 3 is 2.72 bits per heavy atom. The Labute approximate surface area is 173 Å². The minimum Gasteiger partial charge on any atom is -0.381 e. The van der Waals surface area contributed by atoms with Crippen LogP contribution in [0.5, 0.6) is 0 Å². The van der Waals surface area contributed by atoms with E-state index in [2.05, 4.69) is 36.2 Å². The fourth-order valence-electron chi connectivity index (χ4n) is 4.53. The first-order chi connectivity index (χ1) is 14.2. The van der Waals surface area contributed by atoms with Crippen LogP contribution in [-0.2, 0) is 26.2 Å². The van der Waals surface area contributed by atoms with E-state index in [1.807, 2.05) is 23.1 Å². The lowest BCUT2D eigenvalue weighted by Gasteiger charge is -2.41. The first-order valence-corrected chi connectivity index (χ1v) is 10.6. The van der Waals surface area contributed by atoms with E-state index in [4.69, 9.17) is 9.47 Å². The van der Waals surface area contributed by atoms with Crippen LogP contribution in [0.1, 0.15) is 42.5 Å². The summed E-state index contributed by atoms with van der Waals surface area (Å²) in [7, 11) is 0. The number of aryl methyl sites for hydroxylation is 1. The SMILES string of the molecule is Cc1cccc(C2(C(=O)N(Cc3ccccn3)C[C@@H]3CCCO3)CCOCC2)c1. The highest BCUT2D eigenvalue weighted by Gasteiger charge is 2.44. The summed E-state index contributed by atoms with van der Waals surface area (Å²) < 4.78 is 11.5. The van der Waals surface area contributed by atoms with E-state index in [1.54, 1.807) is 6.20 Å². The van der Waals surface area contributed by atoms with Gasteiger partial charge in [-0.1, -0.05) is 35.9 Å². The Balaban J connectivity index is 1.67. The summed E-state index contributed by atoms with van der Waals surface area (Å²) in [5.41, 5.74) is 2.64. The normalized spacial score (nSPS) is 21.1. The van der Waals surface area contributed by atoms with Gasteiger partial charge in [0.25, 0.3) is 0 Å². The zero-order valence-electron chi connectivity index (χ0n) is 17.2. The Bertz CT molecular complexity index is 812. The van der Waals surface area contributed by atoms with Crippen molar-refractivity contribution in [3.8, 4) is 0 Å². The molecule has 2 aliphatic rings. The number of hydrogen-bond donors (Lipinski definition) is 0. The number of hydrogen-bond acceptors (Lipinski definition) is 4. The molecule has 2 aromatic rings. The minimum atomic E-state index is -0.544. The van der Waals surface area contributed by atoms with Gasteiger partial charge in [-0.3, -0.25) is 9.78 Å². The second kappa shape index (κ2) is 9.06. The summed E-state index contributed by atoms with van der Waals surface area (Å²) in [6.45, 7) is 5.21. The second-order valence-electron chi connectivity index (χ2n) is 8.21. The van der Waals surface area contributed by atoms with Crippen LogP contribution in [-0.4, -0.2) is 48.3 Å². The van der Waals surface area contributed by atoms with Crippen molar-refractivity contribution >= 4 is 5.91 Å². The van der Waals surface area contributed by atoms with Gasteiger partial charge in [0, 0.05) is 32.6 Å². The van der Waals surface area contributed by atoms with Crippen molar-refractivity contribution in [3.63, 3.8) is 0 Å². The summed E-state index contributed by atoms with van der Waals surface area (Å²) in [5, 5.41) is 0. The molecule has 1 aromatic carbocycles. The lowest BCUT2D eigenvalue weighted by atomic mass is 9.72. The van der Waals surface area contributed by atoms with Crippen molar-refractivity contribution in [1.82, 2.24) is 9.88 Å². The fourth-order valence-corrected chi connectivity index (χ4v) is 4.53. The Hall–Kier alpha value is -2.24. The number of carbonyl (C=O) groups is 1. The molecule has 0 spiro atoms. The number of pyridine rings is 1. The third kappa shape index (κ3) is 4.51. The maximum Gasteiger partial charge on any atom is 0.233 e. The number of rotatable bonds is 6. The molecule has 1 atom stereocenters.